The second-order valence-electron chi connectivity index (χ2n) is 6.54. The minimum Gasteiger partial charge on any atom is -0.444 e. The molecule has 0 aromatic heterocycles. The molecule has 1 aromatic carbocycles. The predicted octanol–water partition coefficient (Wildman–Crippen LogP) is 2.88. The van der Waals surface area contributed by atoms with Gasteiger partial charge in [0.05, 0.1) is 0 Å². The molecule has 21 heavy (non-hydrogen) atoms. The summed E-state index contributed by atoms with van der Waals surface area (Å²) in [7, 11) is 0. The Kier molecular flexibility index (Phi) is 4.52. The Labute approximate surface area is 125 Å². The molecule has 2 atom stereocenters. The second-order valence-corrected chi connectivity index (χ2v) is 6.54. The molecule has 1 heterocycles. The van der Waals surface area contributed by atoms with Gasteiger partial charge in [0.25, 0.3) is 0 Å². The average molecular weight is 294 g/mol. The first kappa shape index (κ1) is 15.8. The number of nitrogens with two attached hydrogens (primary N) is 1. The fraction of sp³-hybridized carbons (Fsp3) is 0.562. The van der Waals surface area contributed by atoms with E-state index in [9.17, 15) is 9.18 Å². The molecule has 116 valence electrons. The zero-order chi connectivity index (χ0) is 15.6. The Morgan fingerprint density at radius 2 is 1.95 bits per heavy atom. The van der Waals surface area contributed by atoms with Crippen molar-refractivity contribution in [2.75, 3.05) is 13.1 Å². The van der Waals surface area contributed by atoms with Crippen LogP contribution in [0.4, 0.5) is 9.18 Å². The third-order valence-electron chi connectivity index (χ3n) is 3.62. The van der Waals surface area contributed by atoms with Crippen LogP contribution in [0.5, 0.6) is 0 Å². The summed E-state index contributed by atoms with van der Waals surface area (Å²) in [5.74, 6) is -0.265. The lowest BCUT2D eigenvalue weighted by atomic mass is 9.87. The largest absolute Gasteiger partial charge is 0.444 e. The summed E-state index contributed by atoms with van der Waals surface area (Å²) in [6.07, 6.45) is 0.392. The molecule has 0 bridgehead atoms. The van der Waals surface area contributed by atoms with E-state index in [0.29, 0.717) is 19.5 Å². The molecule has 5 heteroatoms. The van der Waals surface area contributed by atoms with E-state index < -0.39 is 5.60 Å². The third-order valence-corrected chi connectivity index (χ3v) is 3.62. The van der Waals surface area contributed by atoms with Crippen molar-refractivity contribution < 1.29 is 13.9 Å². The zero-order valence-electron chi connectivity index (χ0n) is 12.8. The van der Waals surface area contributed by atoms with Gasteiger partial charge in [-0.25, -0.2) is 9.18 Å². The highest BCUT2D eigenvalue weighted by Gasteiger charge is 2.32. The molecule has 0 saturated carbocycles. The quantitative estimate of drug-likeness (QED) is 0.866. The minimum atomic E-state index is -0.512. The number of benzene rings is 1. The molecule has 0 spiro atoms. The van der Waals surface area contributed by atoms with Crippen molar-refractivity contribution in [2.45, 2.75) is 44.8 Å². The number of hydrogen-bond donors (Lipinski definition) is 1. The lowest BCUT2D eigenvalue weighted by Gasteiger charge is -2.37. The van der Waals surface area contributed by atoms with Gasteiger partial charge in [0.1, 0.15) is 11.4 Å². The fourth-order valence-electron chi connectivity index (χ4n) is 2.53. The molecule has 1 aromatic rings. The molecule has 0 aliphatic carbocycles. The molecule has 1 fully saturated rings. The van der Waals surface area contributed by atoms with Crippen LogP contribution in [0.25, 0.3) is 0 Å². The highest BCUT2D eigenvalue weighted by Crippen LogP contribution is 2.27. The van der Waals surface area contributed by atoms with Gasteiger partial charge in [0.15, 0.2) is 0 Å². The number of piperidine rings is 1. The number of halogens is 1. The van der Waals surface area contributed by atoms with Gasteiger partial charge < -0.3 is 15.4 Å². The monoisotopic (exact) mass is 294 g/mol. The van der Waals surface area contributed by atoms with Gasteiger partial charge in [-0.2, -0.15) is 0 Å². The topological polar surface area (TPSA) is 55.6 Å². The first-order valence-corrected chi connectivity index (χ1v) is 7.25. The molecule has 1 amide bonds. The van der Waals surface area contributed by atoms with Crippen LogP contribution in [0.2, 0.25) is 0 Å². The highest BCUT2D eigenvalue weighted by molar-refractivity contribution is 5.68. The summed E-state index contributed by atoms with van der Waals surface area (Å²) in [6.45, 7) is 6.63. The molecule has 1 aliphatic rings. The van der Waals surface area contributed by atoms with E-state index in [1.54, 1.807) is 17.0 Å². The number of nitrogens with zero attached hydrogens (tertiary/aromatic N) is 1. The number of ether oxygens (including phenoxy) is 1. The SMILES string of the molecule is CC(C)(C)OC(=O)N1CCC(N)C(c2ccc(F)cc2)C1. The van der Waals surface area contributed by atoms with E-state index in [1.165, 1.54) is 12.1 Å². The van der Waals surface area contributed by atoms with E-state index in [2.05, 4.69) is 0 Å². The van der Waals surface area contributed by atoms with Crippen LogP contribution < -0.4 is 5.73 Å². The fourth-order valence-corrected chi connectivity index (χ4v) is 2.53. The predicted molar refractivity (Wildman–Crippen MR) is 79.5 cm³/mol. The number of carbonyl (C=O) groups excluding carboxylic acids is 1. The van der Waals surface area contributed by atoms with Gasteiger partial charge in [-0.15, -0.1) is 0 Å². The first-order chi connectivity index (χ1) is 9.76. The van der Waals surface area contributed by atoms with Crippen LogP contribution in [-0.4, -0.2) is 35.7 Å². The van der Waals surface area contributed by atoms with Gasteiger partial charge in [0, 0.05) is 25.0 Å². The maximum absolute atomic E-state index is 13.0. The summed E-state index contributed by atoms with van der Waals surface area (Å²) < 4.78 is 18.4. The smallest absolute Gasteiger partial charge is 0.410 e. The first-order valence-electron chi connectivity index (χ1n) is 7.25. The number of carbonyl (C=O) groups is 1. The summed E-state index contributed by atoms with van der Waals surface area (Å²) in [4.78, 5) is 13.8. The normalized spacial score (nSPS) is 23.0. The zero-order valence-corrected chi connectivity index (χ0v) is 12.8. The number of likely N-dealkylation sites (tertiary alicyclic amines) is 1. The molecular weight excluding hydrogens is 271 g/mol. The van der Waals surface area contributed by atoms with Gasteiger partial charge in [-0.3, -0.25) is 0 Å². The van der Waals surface area contributed by atoms with Gasteiger partial charge in [-0.05, 0) is 44.9 Å². The highest BCUT2D eigenvalue weighted by atomic mass is 19.1. The Balaban J connectivity index is 2.09. The standard InChI is InChI=1S/C16H23FN2O2/c1-16(2,3)21-15(20)19-9-8-14(18)13(10-19)11-4-6-12(17)7-5-11/h4-7,13-14H,8-10,18H2,1-3H3. The van der Waals surface area contributed by atoms with Gasteiger partial charge in [0.2, 0.25) is 0 Å². The van der Waals surface area contributed by atoms with Crippen LogP contribution in [0.15, 0.2) is 24.3 Å². The minimum absolute atomic E-state index is 0.00636. The van der Waals surface area contributed by atoms with E-state index in [4.69, 9.17) is 10.5 Å². The number of hydrogen-bond acceptors (Lipinski definition) is 3. The maximum atomic E-state index is 13.0. The molecule has 1 aliphatic heterocycles. The molecule has 1 saturated heterocycles. The van der Waals surface area contributed by atoms with Crippen LogP contribution >= 0.6 is 0 Å². The average Bonchev–Trinajstić information content (AvgIpc) is 2.38. The van der Waals surface area contributed by atoms with E-state index in [0.717, 1.165) is 5.56 Å². The van der Waals surface area contributed by atoms with Crippen molar-refractivity contribution in [1.82, 2.24) is 4.90 Å². The van der Waals surface area contributed by atoms with E-state index in [-0.39, 0.29) is 23.9 Å². The van der Waals surface area contributed by atoms with Crippen LogP contribution in [0, 0.1) is 5.82 Å². The van der Waals surface area contributed by atoms with Crippen molar-refractivity contribution in [3.63, 3.8) is 0 Å². The molecule has 0 radical (unpaired) electrons. The summed E-state index contributed by atoms with van der Waals surface area (Å²) in [6, 6.07) is 6.29. The molecule has 4 nitrogen and oxygen atoms in total. The van der Waals surface area contributed by atoms with Crippen molar-refractivity contribution in [1.29, 1.82) is 0 Å². The van der Waals surface area contributed by atoms with Crippen LogP contribution in [0.3, 0.4) is 0 Å². The molecular formula is C16H23FN2O2. The Morgan fingerprint density at radius 1 is 1.33 bits per heavy atom. The van der Waals surface area contributed by atoms with Crippen LogP contribution in [0.1, 0.15) is 38.7 Å². The number of rotatable bonds is 1. The van der Waals surface area contributed by atoms with Crippen LogP contribution in [-0.2, 0) is 4.74 Å². The van der Waals surface area contributed by atoms with Crippen molar-refractivity contribution in [3.8, 4) is 0 Å². The molecule has 2 unspecified atom stereocenters. The lowest BCUT2D eigenvalue weighted by molar-refractivity contribution is 0.0186. The van der Waals surface area contributed by atoms with Crippen molar-refractivity contribution in [3.05, 3.63) is 35.6 Å². The van der Waals surface area contributed by atoms with E-state index in [1.807, 2.05) is 20.8 Å². The van der Waals surface area contributed by atoms with Crippen molar-refractivity contribution in [2.24, 2.45) is 5.73 Å². The maximum Gasteiger partial charge on any atom is 0.410 e. The molecule has 2 rings (SSSR count). The third kappa shape index (κ3) is 4.17. The Bertz CT molecular complexity index is 496. The lowest BCUT2D eigenvalue weighted by Crippen LogP contribution is -2.49. The second kappa shape index (κ2) is 6.02. The summed E-state index contributed by atoms with van der Waals surface area (Å²) in [5.41, 5.74) is 6.61. The van der Waals surface area contributed by atoms with Gasteiger partial charge in [-0.1, -0.05) is 12.1 Å². The molecule has 2 N–H and O–H groups in total. The van der Waals surface area contributed by atoms with Crippen molar-refractivity contribution >= 4 is 6.09 Å². The Morgan fingerprint density at radius 3 is 2.52 bits per heavy atom. The summed E-state index contributed by atoms with van der Waals surface area (Å²) in [5, 5.41) is 0. The summed E-state index contributed by atoms with van der Waals surface area (Å²) >= 11 is 0. The number of amides is 1. The van der Waals surface area contributed by atoms with E-state index >= 15 is 0 Å². The Hall–Kier alpha value is -1.62. The van der Waals surface area contributed by atoms with Gasteiger partial charge >= 0.3 is 6.09 Å².